The number of piperazine rings is 1. The lowest BCUT2D eigenvalue weighted by Gasteiger charge is -2.43. The minimum Gasteiger partial charge on any atom is -0.494 e. The third-order valence-corrected chi connectivity index (χ3v) is 11.5. The van der Waals surface area contributed by atoms with Gasteiger partial charge in [-0.15, -0.1) is 0 Å². The van der Waals surface area contributed by atoms with Crippen LogP contribution in [0, 0.1) is 6.57 Å². The Labute approximate surface area is 300 Å². The van der Waals surface area contributed by atoms with Crippen molar-refractivity contribution in [2.24, 2.45) is 7.05 Å². The van der Waals surface area contributed by atoms with Crippen LogP contribution in [0.25, 0.3) is 16.1 Å². The number of benzene rings is 2. The number of hydrogen-bond donors (Lipinski definition) is 2. The van der Waals surface area contributed by atoms with Crippen LogP contribution in [0.15, 0.2) is 42.7 Å². The van der Waals surface area contributed by atoms with Crippen LogP contribution < -0.4 is 25.6 Å². The molecule has 0 amide bonds. The molecule has 2 aromatic carbocycles. The average molecular weight is 717 g/mol. The predicted molar refractivity (Wildman–Crippen MR) is 204 cm³/mol. The van der Waals surface area contributed by atoms with Crippen LogP contribution >= 0.6 is 18.7 Å². The van der Waals surface area contributed by atoms with Gasteiger partial charge in [0.1, 0.15) is 17.9 Å². The number of aromatic nitrogens is 4. The molecule has 2 aromatic heterocycles. The standard InChI is InChI=1S/C36H46ClN10O2P/c1-8-24-19-29(32(49-5)21-31(24)47-13-11-26(12-14-47)46-17-15-44(3)16-18-46)41-36-39-22-27(37)35(42-36)40-28-10-9-25(20-33(28)50(6,7)48)34-30(38-2)23-45(4)43-34/h9-10,19-23,26H,8,11-18H2,1,3-7H3,(H2,39,40,41,42). The molecule has 0 aliphatic carbocycles. The lowest BCUT2D eigenvalue weighted by atomic mass is 9.99. The first-order valence-electron chi connectivity index (χ1n) is 17.0. The molecule has 2 aliphatic rings. The molecule has 0 saturated carbocycles. The minimum atomic E-state index is -2.79. The highest BCUT2D eigenvalue weighted by molar-refractivity contribution is 7.70. The van der Waals surface area contributed by atoms with Crippen LogP contribution in [0.1, 0.15) is 25.3 Å². The van der Waals surface area contributed by atoms with Gasteiger partial charge in [-0.3, -0.25) is 9.58 Å². The molecule has 4 aromatic rings. The summed E-state index contributed by atoms with van der Waals surface area (Å²) < 4.78 is 21.0. The first-order valence-corrected chi connectivity index (χ1v) is 20.0. The molecule has 14 heteroatoms. The molecule has 0 radical (unpaired) electrons. The molecule has 0 unspecified atom stereocenters. The molecule has 12 nitrogen and oxygen atoms in total. The Morgan fingerprint density at radius 3 is 2.44 bits per heavy atom. The molecule has 50 heavy (non-hydrogen) atoms. The third kappa shape index (κ3) is 7.77. The Hall–Kier alpha value is -4.14. The van der Waals surface area contributed by atoms with Crippen molar-refractivity contribution in [3.63, 3.8) is 0 Å². The monoisotopic (exact) mass is 716 g/mol. The summed E-state index contributed by atoms with van der Waals surface area (Å²) in [6, 6.07) is 10.4. The number of nitrogens with one attached hydrogen (secondary N) is 2. The van der Waals surface area contributed by atoms with Crippen molar-refractivity contribution in [3.8, 4) is 17.0 Å². The highest BCUT2D eigenvalue weighted by Crippen LogP contribution is 2.42. The highest BCUT2D eigenvalue weighted by Gasteiger charge is 2.28. The summed E-state index contributed by atoms with van der Waals surface area (Å²) in [4.78, 5) is 20.4. The molecule has 0 atom stereocenters. The van der Waals surface area contributed by atoms with Gasteiger partial charge >= 0.3 is 0 Å². The molecule has 2 saturated heterocycles. The molecule has 6 rings (SSSR count). The largest absolute Gasteiger partial charge is 0.494 e. The van der Waals surface area contributed by atoms with Crippen molar-refractivity contribution in [1.82, 2.24) is 29.5 Å². The maximum Gasteiger partial charge on any atom is 0.232 e. The van der Waals surface area contributed by atoms with E-state index in [0.29, 0.717) is 56.5 Å². The van der Waals surface area contributed by atoms with Gasteiger partial charge in [-0.25, -0.2) is 9.83 Å². The molecule has 0 bridgehead atoms. The fraction of sp³-hybridized carbons (Fsp3) is 0.444. The molecule has 2 N–H and O–H groups in total. The van der Waals surface area contributed by atoms with Gasteiger partial charge in [0.2, 0.25) is 11.6 Å². The number of halogens is 1. The summed E-state index contributed by atoms with van der Waals surface area (Å²) in [6.45, 7) is 19.8. The summed E-state index contributed by atoms with van der Waals surface area (Å²) in [5, 5.41) is 12.0. The summed E-state index contributed by atoms with van der Waals surface area (Å²) in [5.41, 5.74) is 5.46. The van der Waals surface area contributed by atoms with Crippen LogP contribution in [0.4, 0.5) is 34.5 Å². The first kappa shape index (κ1) is 35.7. The summed E-state index contributed by atoms with van der Waals surface area (Å²) in [7, 11) is 2.87. The fourth-order valence-corrected chi connectivity index (χ4v) is 8.17. The molecule has 264 valence electrons. The second-order valence-corrected chi connectivity index (χ2v) is 17.1. The fourth-order valence-electron chi connectivity index (χ4n) is 6.87. The Bertz CT molecular complexity index is 1940. The molecule has 2 aliphatic heterocycles. The second kappa shape index (κ2) is 15.0. The van der Waals surface area contributed by atoms with Crippen LogP contribution in [-0.2, 0) is 18.0 Å². The Balaban J connectivity index is 1.22. The predicted octanol–water partition coefficient (Wildman–Crippen LogP) is 6.60. The second-order valence-electron chi connectivity index (χ2n) is 13.5. The zero-order valence-electron chi connectivity index (χ0n) is 29.7. The number of piperidine rings is 1. The van der Waals surface area contributed by atoms with Gasteiger partial charge in [0.15, 0.2) is 5.82 Å². The van der Waals surface area contributed by atoms with Gasteiger partial charge < -0.3 is 29.7 Å². The Kier molecular flexibility index (Phi) is 10.7. The van der Waals surface area contributed by atoms with E-state index in [4.69, 9.17) is 27.9 Å². The number of aryl methyl sites for hydroxylation is 2. The van der Waals surface area contributed by atoms with Gasteiger partial charge in [0.25, 0.3) is 0 Å². The smallest absolute Gasteiger partial charge is 0.232 e. The van der Waals surface area contributed by atoms with Gasteiger partial charge in [-0.05, 0) is 69.0 Å². The number of ether oxygens (including phenoxy) is 1. The van der Waals surface area contributed by atoms with E-state index in [9.17, 15) is 4.57 Å². The Morgan fingerprint density at radius 1 is 1.04 bits per heavy atom. The zero-order valence-corrected chi connectivity index (χ0v) is 31.4. The van der Waals surface area contributed by atoms with Gasteiger partial charge in [-0.1, -0.05) is 24.6 Å². The maximum absolute atomic E-state index is 13.5. The maximum atomic E-state index is 13.5. The normalized spacial score (nSPS) is 16.3. The Morgan fingerprint density at radius 2 is 1.78 bits per heavy atom. The van der Waals surface area contributed by atoms with E-state index in [1.165, 1.54) is 17.4 Å². The summed E-state index contributed by atoms with van der Waals surface area (Å²) >= 11 is 6.60. The summed E-state index contributed by atoms with van der Waals surface area (Å²) in [6.07, 6.45) is 6.39. The van der Waals surface area contributed by atoms with Crippen molar-refractivity contribution in [2.75, 3.05) is 82.3 Å². The van der Waals surface area contributed by atoms with Crippen LogP contribution in [-0.4, -0.2) is 102 Å². The number of rotatable bonds is 10. The third-order valence-electron chi connectivity index (χ3n) is 9.67. The SMILES string of the molecule is [C-]#[N+]c1cn(C)nc1-c1ccc(Nc2nc(Nc3cc(CC)c(N4CCC(N5CCN(C)CC5)CC4)cc3OC)ncc2Cl)c(P(C)(C)=O)c1. The van der Waals surface area contributed by atoms with Crippen LogP contribution in [0.5, 0.6) is 5.75 Å². The van der Waals surface area contributed by atoms with Gasteiger partial charge in [0.05, 0.1) is 36.9 Å². The zero-order chi connectivity index (χ0) is 35.6. The van der Waals surface area contributed by atoms with E-state index in [-0.39, 0.29) is 0 Å². The molecule has 0 spiro atoms. The molecule has 4 heterocycles. The lowest BCUT2D eigenvalue weighted by molar-refractivity contribution is 0.0982. The van der Waals surface area contributed by atoms with E-state index in [0.717, 1.165) is 64.2 Å². The number of methoxy groups -OCH3 is 1. The highest BCUT2D eigenvalue weighted by atomic mass is 35.5. The van der Waals surface area contributed by atoms with Gasteiger partial charge in [0, 0.05) is 75.6 Å². The van der Waals surface area contributed by atoms with Crippen molar-refractivity contribution in [2.45, 2.75) is 32.2 Å². The van der Waals surface area contributed by atoms with E-state index >= 15 is 0 Å². The van der Waals surface area contributed by atoms with Gasteiger partial charge in [-0.2, -0.15) is 10.1 Å². The quantitative estimate of drug-likeness (QED) is 0.138. The summed E-state index contributed by atoms with van der Waals surface area (Å²) in [5.74, 6) is 1.40. The van der Waals surface area contributed by atoms with Crippen molar-refractivity contribution >= 4 is 58.6 Å². The van der Waals surface area contributed by atoms with Crippen molar-refractivity contribution in [1.29, 1.82) is 0 Å². The first-order chi connectivity index (χ1) is 24.0. The topological polar surface area (TPSA) is 108 Å². The molecule has 2 fully saturated rings. The lowest BCUT2D eigenvalue weighted by Crippen LogP contribution is -2.52. The minimum absolute atomic E-state index is 0.309. The van der Waals surface area contributed by atoms with E-state index < -0.39 is 7.14 Å². The number of hydrogen-bond acceptors (Lipinski definition) is 10. The average Bonchev–Trinajstić information content (AvgIpc) is 3.50. The van der Waals surface area contributed by atoms with Crippen molar-refractivity contribution < 1.29 is 9.30 Å². The molecular formula is C36H46ClN10O2P. The number of anilines is 5. The number of likely N-dealkylation sites (N-methyl/N-ethyl adjacent to an activating group) is 1. The van der Waals surface area contributed by atoms with E-state index in [2.05, 4.69) is 66.4 Å². The van der Waals surface area contributed by atoms with Crippen molar-refractivity contribution in [3.05, 3.63) is 64.7 Å². The van der Waals surface area contributed by atoms with Crippen LogP contribution in [0.2, 0.25) is 5.02 Å². The molecular weight excluding hydrogens is 671 g/mol. The van der Waals surface area contributed by atoms with E-state index in [1.54, 1.807) is 38.4 Å². The van der Waals surface area contributed by atoms with Crippen LogP contribution in [0.3, 0.4) is 0 Å². The van der Waals surface area contributed by atoms with E-state index in [1.807, 2.05) is 18.2 Å². The number of nitrogens with zero attached hydrogens (tertiary/aromatic N) is 8.